The molecule has 0 saturated carbocycles. The maximum absolute atomic E-state index is 10.3. The molecule has 0 radical (unpaired) electrons. The summed E-state index contributed by atoms with van der Waals surface area (Å²) in [6.07, 6.45) is 0.702. The summed E-state index contributed by atoms with van der Waals surface area (Å²) in [5.74, 6) is 0.0604. The van der Waals surface area contributed by atoms with Crippen molar-refractivity contribution in [3.8, 4) is 5.75 Å². The number of hydrogen-bond acceptors (Lipinski definition) is 2. The van der Waals surface area contributed by atoms with Crippen LogP contribution in [0.25, 0.3) is 0 Å². The molecule has 0 heterocycles. The molecule has 3 heteroatoms. The van der Waals surface area contributed by atoms with Crippen molar-refractivity contribution in [1.82, 2.24) is 0 Å². The monoisotopic (exact) mass is 208 g/mol. The fourth-order valence-corrected chi connectivity index (χ4v) is 1.37. The highest BCUT2D eigenvalue weighted by molar-refractivity contribution is 5.66. The molecular formula is C12H16O3. The molecular weight excluding hydrogens is 192 g/mol. The van der Waals surface area contributed by atoms with E-state index in [9.17, 15) is 4.79 Å². The van der Waals surface area contributed by atoms with E-state index in [-0.39, 0.29) is 6.42 Å². The van der Waals surface area contributed by atoms with Gasteiger partial charge in [0.1, 0.15) is 5.75 Å². The molecule has 0 saturated heterocycles. The Bertz CT molecular complexity index is 345. The van der Waals surface area contributed by atoms with E-state index in [2.05, 4.69) is 0 Å². The van der Waals surface area contributed by atoms with Crippen molar-refractivity contribution in [3.63, 3.8) is 0 Å². The van der Waals surface area contributed by atoms with Crippen LogP contribution in [0.2, 0.25) is 0 Å². The third-order valence-corrected chi connectivity index (χ3v) is 2.12. The van der Waals surface area contributed by atoms with Gasteiger partial charge in [0.2, 0.25) is 0 Å². The summed E-state index contributed by atoms with van der Waals surface area (Å²) in [5.41, 5.74) is 2.29. The number of carboxylic acids is 1. The molecule has 1 rings (SSSR count). The third-order valence-electron chi connectivity index (χ3n) is 2.12. The standard InChI is InChI=1S/C12H16O3/c1-9-5-6-11(10(2)8-9)15-7-3-4-12(13)14/h5-6,8H,3-4,7H2,1-2H3,(H,13,14). The third kappa shape index (κ3) is 4.02. The van der Waals surface area contributed by atoms with Crippen LogP contribution in [0.3, 0.4) is 0 Å². The molecule has 1 aromatic carbocycles. The molecule has 0 bridgehead atoms. The molecule has 0 atom stereocenters. The smallest absolute Gasteiger partial charge is 0.303 e. The molecule has 3 nitrogen and oxygen atoms in total. The summed E-state index contributed by atoms with van der Waals surface area (Å²) in [6.45, 7) is 4.47. The van der Waals surface area contributed by atoms with Gasteiger partial charge < -0.3 is 9.84 Å². The van der Waals surface area contributed by atoms with E-state index in [1.165, 1.54) is 5.56 Å². The molecule has 0 fully saturated rings. The van der Waals surface area contributed by atoms with Gasteiger partial charge in [-0.25, -0.2) is 0 Å². The van der Waals surface area contributed by atoms with Crippen molar-refractivity contribution in [2.45, 2.75) is 26.7 Å². The van der Waals surface area contributed by atoms with Crippen molar-refractivity contribution in [1.29, 1.82) is 0 Å². The van der Waals surface area contributed by atoms with Crippen molar-refractivity contribution in [2.24, 2.45) is 0 Å². The Morgan fingerprint density at radius 3 is 2.73 bits per heavy atom. The highest BCUT2D eigenvalue weighted by Gasteiger charge is 2.00. The molecule has 1 aromatic rings. The maximum atomic E-state index is 10.3. The summed E-state index contributed by atoms with van der Waals surface area (Å²) in [4.78, 5) is 10.3. The van der Waals surface area contributed by atoms with Gasteiger partial charge in [0.25, 0.3) is 0 Å². The van der Waals surface area contributed by atoms with Crippen LogP contribution in [0.15, 0.2) is 18.2 Å². The fourth-order valence-electron chi connectivity index (χ4n) is 1.37. The van der Waals surface area contributed by atoms with Gasteiger partial charge in [-0.15, -0.1) is 0 Å². The number of ether oxygens (including phenoxy) is 1. The van der Waals surface area contributed by atoms with Gasteiger partial charge in [0.05, 0.1) is 6.61 Å². The average molecular weight is 208 g/mol. The molecule has 15 heavy (non-hydrogen) atoms. The molecule has 0 aliphatic carbocycles. The van der Waals surface area contributed by atoms with Crippen molar-refractivity contribution in [3.05, 3.63) is 29.3 Å². The lowest BCUT2D eigenvalue weighted by Crippen LogP contribution is -2.02. The zero-order valence-electron chi connectivity index (χ0n) is 9.12. The van der Waals surface area contributed by atoms with Gasteiger partial charge in [-0.2, -0.15) is 0 Å². The minimum Gasteiger partial charge on any atom is -0.493 e. The minimum atomic E-state index is -0.778. The normalized spacial score (nSPS) is 10.0. The van der Waals surface area contributed by atoms with Crippen LogP contribution in [0.1, 0.15) is 24.0 Å². The Morgan fingerprint density at radius 2 is 2.13 bits per heavy atom. The topological polar surface area (TPSA) is 46.5 Å². The Morgan fingerprint density at radius 1 is 1.40 bits per heavy atom. The first-order chi connectivity index (χ1) is 7.09. The summed E-state index contributed by atoms with van der Waals surface area (Å²) in [7, 11) is 0. The van der Waals surface area contributed by atoms with E-state index in [1.54, 1.807) is 0 Å². The van der Waals surface area contributed by atoms with Crippen LogP contribution in [-0.2, 0) is 4.79 Å². The number of rotatable bonds is 5. The van der Waals surface area contributed by atoms with Gasteiger partial charge in [0.15, 0.2) is 0 Å². The van der Waals surface area contributed by atoms with Gasteiger partial charge in [-0.05, 0) is 31.9 Å². The van der Waals surface area contributed by atoms with E-state index >= 15 is 0 Å². The first-order valence-electron chi connectivity index (χ1n) is 5.01. The van der Waals surface area contributed by atoms with E-state index in [1.807, 2.05) is 32.0 Å². The summed E-state index contributed by atoms with van der Waals surface area (Å²) >= 11 is 0. The lowest BCUT2D eigenvalue weighted by molar-refractivity contribution is -0.137. The average Bonchev–Trinajstić information content (AvgIpc) is 2.14. The van der Waals surface area contributed by atoms with Crippen LogP contribution in [-0.4, -0.2) is 17.7 Å². The highest BCUT2D eigenvalue weighted by atomic mass is 16.5. The van der Waals surface area contributed by atoms with E-state index in [0.29, 0.717) is 13.0 Å². The molecule has 0 aromatic heterocycles. The second kappa shape index (κ2) is 5.39. The highest BCUT2D eigenvalue weighted by Crippen LogP contribution is 2.18. The number of carbonyl (C=O) groups is 1. The number of benzene rings is 1. The van der Waals surface area contributed by atoms with Gasteiger partial charge in [-0.3, -0.25) is 4.79 Å². The first-order valence-corrected chi connectivity index (χ1v) is 5.01. The second-order valence-electron chi connectivity index (χ2n) is 3.61. The lowest BCUT2D eigenvalue weighted by Gasteiger charge is -2.08. The van der Waals surface area contributed by atoms with E-state index in [4.69, 9.17) is 9.84 Å². The van der Waals surface area contributed by atoms with E-state index in [0.717, 1.165) is 11.3 Å². The van der Waals surface area contributed by atoms with Crippen LogP contribution in [0.5, 0.6) is 5.75 Å². The summed E-state index contributed by atoms with van der Waals surface area (Å²) < 4.78 is 5.48. The Balaban J connectivity index is 2.40. The predicted molar refractivity (Wildman–Crippen MR) is 58.3 cm³/mol. The van der Waals surface area contributed by atoms with E-state index < -0.39 is 5.97 Å². The van der Waals surface area contributed by atoms with Gasteiger partial charge in [0, 0.05) is 6.42 Å². The van der Waals surface area contributed by atoms with Gasteiger partial charge >= 0.3 is 5.97 Å². The minimum absolute atomic E-state index is 0.158. The van der Waals surface area contributed by atoms with Crippen molar-refractivity contribution >= 4 is 5.97 Å². The van der Waals surface area contributed by atoms with Crippen molar-refractivity contribution < 1.29 is 14.6 Å². The summed E-state index contributed by atoms with van der Waals surface area (Å²) in [6, 6.07) is 5.96. The van der Waals surface area contributed by atoms with Crippen molar-refractivity contribution in [2.75, 3.05) is 6.61 Å². The largest absolute Gasteiger partial charge is 0.493 e. The van der Waals surface area contributed by atoms with Crippen LogP contribution in [0.4, 0.5) is 0 Å². The molecule has 0 spiro atoms. The Kier molecular flexibility index (Phi) is 4.16. The molecule has 0 aliphatic heterocycles. The Hall–Kier alpha value is -1.51. The molecule has 1 N–H and O–H groups in total. The number of aryl methyl sites for hydroxylation is 2. The number of carboxylic acid groups (broad SMARTS) is 1. The zero-order chi connectivity index (χ0) is 11.3. The maximum Gasteiger partial charge on any atom is 0.303 e. The zero-order valence-corrected chi connectivity index (χ0v) is 9.12. The van der Waals surface area contributed by atoms with Crippen LogP contribution >= 0.6 is 0 Å². The number of hydrogen-bond donors (Lipinski definition) is 1. The Labute approximate surface area is 89.7 Å². The quantitative estimate of drug-likeness (QED) is 0.756. The van der Waals surface area contributed by atoms with Crippen LogP contribution in [0, 0.1) is 13.8 Å². The first kappa shape index (κ1) is 11.6. The molecule has 82 valence electrons. The lowest BCUT2D eigenvalue weighted by atomic mass is 10.1. The van der Waals surface area contributed by atoms with Crippen LogP contribution < -0.4 is 4.74 Å². The van der Waals surface area contributed by atoms with Gasteiger partial charge in [-0.1, -0.05) is 17.7 Å². The SMILES string of the molecule is Cc1ccc(OCCCC(=O)O)c(C)c1. The summed E-state index contributed by atoms with van der Waals surface area (Å²) in [5, 5.41) is 8.45. The molecule has 0 unspecified atom stereocenters. The number of aliphatic carboxylic acids is 1. The second-order valence-corrected chi connectivity index (χ2v) is 3.61. The molecule has 0 amide bonds. The fraction of sp³-hybridized carbons (Fsp3) is 0.417. The predicted octanol–water partition coefficient (Wildman–Crippen LogP) is 2.55. The molecule has 0 aliphatic rings.